The lowest BCUT2D eigenvalue weighted by Gasteiger charge is -2.18. The monoisotopic (exact) mass is 809 g/mol. The zero-order valence-corrected chi connectivity index (χ0v) is 38.3. The topological polar surface area (TPSA) is 61.8 Å². The molecule has 0 fully saturated rings. The Hall–Kier alpha value is -2.66. The van der Waals surface area contributed by atoms with Gasteiger partial charge in [-0.05, 0) is 103 Å². The summed E-state index contributed by atoms with van der Waals surface area (Å²) in [5.74, 6) is -0.436. The molecule has 0 aliphatic carbocycles. The summed E-state index contributed by atoms with van der Waals surface area (Å²) < 4.78 is 17.3. The number of rotatable bonds is 44. The Morgan fingerprint density at radius 3 is 1.33 bits per heavy atom. The number of ether oxygens (including phenoxy) is 3. The lowest BCUT2D eigenvalue weighted by molar-refractivity contribution is -0.163. The highest BCUT2D eigenvalue weighted by molar-refractivity contribution is 5.70. The summed E-state index contributed by atoms with van der Waals surface area (Å²) in [7, 11) is 0. The van der Waals surface area contributed by atoms with Gasteiger partial charge in [0.2, 0.25) is 0 Å². The average Bonchev–Trinajstić information content (AvgIpc) is 3.22. The van der Waals surface area contributed by atoms with Crippen LogP contribution in [0.25, 0.3) is 0 Å². The van der Waals surface area contributed by atoms with Crippen LogP contribution in [0.2, 0.25) is 0 Å². The van der Waals surface area contributed by atoms with Crippen molar-refractivity contribution in [2.45, 2.75) is 232 Å². The maximum absolute atomic E-state index is 12.8. The van der Waals surface area contributed by atoms with Crippen LogP contribution in [-0.2, 0) is 23.8 Å². The number of allylic oxidation sites excluding steroid dienone is 12. The van der Waals surface area contributed by atoms with Gasteiger partial charge in [0, 0.05) is 19.4 Å². The quantitative estimate of drug-likeness (QED) is 0.0348. The molecule has 0 aromatic heterocycles. The van der Waals surface area contributed by atoms with Gasteiger partial charge in [0.25, 0.3) is 0 Å². The van der Waals surface area contributed by atoms with Gasteiger partial charge in [-0.1, -0.05) is 184 Å². The summed E-state index contributed by atoms with van der Waals surface area (Å²) in [6, 6.07) is 0. The van der Waals surface area contributed by atoms with Gasteiger partial charge >= 0.3 is 11.9 Å². The molecule has 0 spiro atoms. The summed E-state index contributed by atoms with van der Waals surface area (Å²) in [4.78, 5) is 25.3. The molecule has 334 valence electrons. The molecule has 0 saturated carbocycles. The van der Waals surface area contributed by atoms with Crippen LogP contribution in [-0.4, -0.2) is 37.9 Å². The zero-order chi connectivity index (χ0) is 42.1. The van der Waals surface area contributed by atoms with Crippen molar-refractivity contribution in [1.29, 1.82) is 0 Å². The van der Waals surface area contributed by atoms with Crippen molar-refractivity contribution >= 4 is 11.9 Å². The first-order chi connectivity index (χ1) is 28.6. The first-order valence-corrected chi connectivity index (χ1v) is 24.5. The third-order valence-corrected chi connectivity index (χ3v) is 10.2. The Kier molecular flexibility index (Phi) is 46.5. The van der Waals surface area contributed by atoms with Gasteiger partial charge in [0.05, 0.1) is 6.61 Å². The van der Waals surface area contributed by atoms with E-state index in [9.17, 15) is 9.59 Å². The van der Waals surface area contributed by atoms with Crippen LogP contribution in [0, 0.1) is 0 Å². The smallest absolute Gasteiger partial charge is 0.306 e. The van der Waals surface area contributed by atoms with E-state index in [1.807, 2.05) is 0 Å². The summed E-state index contributed by atoms with van der Waals surface area (Å²) in [5, 5.41) is 0. The maximum Gasteiger partial charge on any atom is 0.306 e. The standard InChI is InChI=1S/C53H92O5/c1-4-7-10-13-16-19-22-25-27-29-31-34-37-40-43-46-52(54)57-50-51(49-56-48-45-42-39-36-33-30-26-23-20-17-14-11-8-5-2)58-53(55)47-44-41-38-35-32-28-24-21-18-15-12-9-6-3/h7,10,12,15-16,19-21,23-25,27,51H,4-6,8-9,11,13-14,17-18,22,26,28-50H2,1-3H3/b10-7-,15-12-,19-16-,23-20-,24-21-,27-25-. The molecule has 0 saturated heterocycles. The number of unbranched alkanes of at least 4 members (excludes halogenated alkanes) is 21. The van der Waals surface area contributed by atoms with Crippen LogP contribution in [0.15, 0.2) is 72.9 Å². The summed E-state index contributed by atoms with van der Waals surface area (Å²) in [5.41, 5.74) is 0. The Labute approximate surface area is 359 Å². The minimum absolute atomic E-state index is 0.0661. The van der Waals surface area contributed by atoms with Crippen LogP contribution >= 0.6 is 0 Å². The maximum atomic E-state index is 12.8. The van der Waals surface area contributed by atoms with Crippen molar-refractivity contribution in [1.82, 2.24) is 0 Å². The molecule has 0 amide bonds. The molecule has 5 nitrogen and oxygen atoms in total. The van der Waals surface area contributed by atoms with Crippen molar-refractivity contribution in [3.05, 3.63) is 72.9 Å². The second kappa shape index (κ2) is 48.7. The largest absolute Gasteiger partial charge is 0.462 e. The van der Waals surface area contributed by atoms with Crippen LogP contribution in [0.4, 0.5) is 0 Å². The number of carbonyl (C=O) groups excluding carboxylic acids is 2. The van der Waals surface area contributed by atoms with Gasteiger partial charge in [-0.25, -0.2) is 0 Å². The molecule has 0 N–H and O–H groups in total. The van der Waals surface area contributed by atoms with E-state index in [-0.39, 0.29) is 25.2 Å². The first-order valence-electron chi connectivity index (χ1n) is 24.5. The van der Waals surface area contributed by atoms with E-state index in [0.29, 0.717) is 19.4 Å². The third kappa shape index (κ3) is 46.0. The molecular formula is C53H92O5. The Morgan fingerprint density at radius 1 is 0.397 bits per heavy atom. The molecule has 0 rings (SSSR count). The highest BCUT2D eigenvalue weighted by Gasteiger charge is 2.17. The average molecular weight is 809 g/mol. The van der Waals surface area contributed by atoms with Crippen LogP contribution < -0.4 is 0 Å². The van der Waals surface area contributed by atoms with Crippen molar-refractivity contribution in [2.75, 3.05) is 19.8 Å². The highest BCUT2D eigenvalue weighted by Crippen LogP contribution is 2.13. The molecule has 0 radical (unpaired) electrons. The van der Waals surface area contributed by atoms with Crippen molar-refractivity contribution < 1.29 is 23.8 Å². The lowest BCUT2D eigenvalue weighted by Crippen LogP contribution is -2.30. The molecule has 1 atom stereocenters. The Balaban J connectivity index is 4.32. The number of hydrogen-bond donors (Lipinski definition) is 0. The summed E-state index contributed by atoms with van der Waals surface area (Å²) in [6.07, 6.45) is 61.8. The van der Waals surface area contributed by atoms with Crippen LogP contribution in [0.1, 0.15) is 226 Å². The zero-order valence-electron chi connectivity index (χ0n) is 38.3. The van der Waals surface area contributed by atoms with Crippen molar-refractivity contribution in [3.8, 4) is 0 Å². The first kappa shape index (κ1) is 55.3. The normalized spacial score (nSPS) is 12.8. The molecule has 0 aromatic carbocycles. The lowest BCUT2D eigenvalue weighted by atomic mass is 10.1. The second-order valence-electron chi connectivity index (χ2n) is 16.0. The Morgan fingerprint density at radius 2 is 0.810 bits per heavy atom. The molecule has 0 aliphatic rings. The Bertz CT molecular complexity index is 1050. The van der Waals surface area contributed by atoms with E-state index < -0.39 is 6.10 Å². The molecule has 0 aromatic rings. The molecule has 5 heteroatoms. The minimum Gasteiger partial charge on any atom is -0.462 e. The van der Waals surface area contributed by atoms with Gasteiger partial charge in [-0.3, -0.25) is 9.59 Å². The molecule has 0 heterocycles. The van der Waals surface area contributed by atoms with Crippen molar-refractivity contribution in [3.63, 3.8) is 0 Å². The molecule has 1 unspecified atom stereocenters. The fourth-order valence-corrected chi connectivity index (χ4v) is 6.56. The molecule has 0 aliphatic heterocycles. The van der Waals surface area contributed by atoms with Gasteiger partial charge in [0.15, 0.2) is 6.10 Å². The molecule has 0 bridgehead atoms. The van der Waals surface area contributed by atoms with Crippen LogP contribution in [0.3, 0.4) is 0 Å². The highest BCUT2D eigenvalue weighted by atomic mass is 16.6. The van der Waals surface area contributed by atoms with Crippen molar-refractivity contribution in [2.24, 2.45) is 0 Å². The van der Waals surface area contributed by atoms with E-state index in [1.54, 1.807) is 0 Å². The summed E-state index contributed by atoms with van der Waals surface area (Å²) >= 11 is 0. The van der Waals surface area contributed by atoms with E-state index in [2.05, 4.69) is 93.7 Å². The fraction of sp³-hybridized carbons (Fsp3) is 0.736. The van der Waals surface area contributed by atoms with E-state index in [1.165, 1.54) is 96.3 Å². The minimum atomic E-state index is -0.554. The predicted octanol–water partition coefficient (Wildman–Crippen LogP) is 16.3. The molecular weight excluding hydrogens is 717 g/mol. The number of esters is 2. The van der Waals surface area contributed by atoms with Gasteiger partial charge in [-0.15, -0.1) is 0 Å². The predicted molar refractivity (Wildman–Crippen MR) is 251 cm³/mol. The van der Waals surface area contributed by atoms with E-state index in [4.69, 9.17) is 14.2 Å². The van der Waals surface area contributed by atoms with E-state index >= 15 is 0 Å². The van der Waals surface area contributed by atoms with Gasteiger partial charge < -0.3 is 14.2 Å². The second-order valence-corrected chi connectivity index (χ2v) is 16.0. The summed E-state index contributed by atoms with van der Waals surface area (Å²) in [6.45, 7) is 7.60. The molecule has 58 heavy (non-hydrogen) atoms. The fourth-order valence-electron chi connectivity index (χ4n) is 6.56. The van der Waals surface area contributed by atoms with Crippen LogP contribution in [0.5, 0.6) is 0 Å². The number of hydrogen-bond acceptors (Lipinski definition) is 5. The van der Waals surface area contributed by atoms with Gasteiger partial charge in [0.1, 0.15) is 6.61 Å². The number of carbonyl (C=O) groups is 2. The third-order valence-electron chi connectivity index (χ3n) is 10.2. The van der Waals surface area contributed by atoms with Gasteiger partial charge in [-0.2, -0.15) is 0 Å². The SMILES string of the molecule is CC/C=C\C/C=C\C/C=C\CCCCCCCC(=O)OCC(COCCCCCCCC/C=C\CCCCCC)OC(=O)CCCCCCC/C=C\C/C=C\CCC. The van der Waals surface area contributed by atoms with E-state index in [0.717, 1.165) is 96.3 Å².